The summed E-state index contributed by atoms with van der Waals surface area (Å²) in [5, 5.41) is 6.52. The van der Waals surface area contributed by atoms with Gasteiger partial charge in [0.2, 0.25) is 0 Å². The van der Waals surface area contributed by atoms with Crippen molar-refractivity contribution in [2.45, 2.75) is 6.92 Å². The van der Waals surface area contributed by atoms with Crippen LogP contribution in [0.25, 0.3) is 0 Å². The zero-order chi connectivity index (χ0) is 6.41. The summed E-state index contributed by atoms with van der Waals surface area (Å²) in [6.07, 6.45) is 1.05. The summed E-state index contributed by atoms with van der Waals surface area (Å²) in [6.45, 7) is 1.80. The molecule has 0 atom stereocenters. The molecule has 0 heterocycles. The Balaban J connectivity index is 3.24. The first-order valence-corrected chi connectivity index (χ1v) is 2.25. The second-order valence-corrected chi connectivity index (χ2v) is 1.22. The van der Waals surface area contributed by atoms with Crippen LogP contribution in [0.4, 0.5) is 0 Å². The fourth-order valence-electron chi connectivity index (χ4n) is 0.196. The van der Waals surface area contributed by atoms with Crippen molar-refractivity contribution in [2.75, 3.05) is 7.05 Å². The summed E-state index contributed by atoms with van der Waals surface area (Å²) >= 11 is 0. The van der Waals surface area contributed by atoms with Crippen molar-refractivity contribution in [1.82, 2.24) is 10.9 Å². The third kappa shape index (κ3) is 3.14. The fraction of sp³-hybridized carbons (Fsp3) is 0.500. The Bertz CT molecular complexity index is 96.2. The second-order valence-electron chi connectivity index (χ2n) is 1.22. The predicted molar refractivity (Wildman–Crippen MR) is 34.1 cm³/mol. The topological polar surface area (TPSA) is 60.3 Å². The highest BCUT2D eigenvalue weighted by Gasteiger charge is 1.77. The van der Waals surface area contributed by atoms with E-state index < -0.39 is 0 Å². The van der Waals surface area contributed by atoms with E-state index in [1.807, 2.05) is 0 Å². The van der Waals surface area contributed by atoms with E-state index in [4.69, 9.17) is 5.41 Å². The molecule has 4 heteroatoms. The Morgan fingerprint density at radius 3 is 2.75 bits per heavy atom. The molecule has 0 fully saturated rings. The average molecular weight is 114 g/mol. The SMILES string of the molecule is CN=C(C)NNC=N. The number of hydrazine groups is 1. The van der Waals surface area contributed by atoms with Gasteiger partial charge < -0.3 is 0 Å². The maximum Gasteiger partial charge on any atom is 0.111 e. The highest BCUT2D eigenvalue weighted by molar-refractivity contribution is 5.80. The van der Waals surface area contributed by atoms with E-state index in [2.05, 4.69) is 15.8 Å². The van der Waals surface area contributed by atoms with Gasteiger partial charge in [-0.3, -0.25) is 21.3 Å². The summed E-state index contributed by atoms with van der Waals surface area (Å²) in [5.41, 5.74) is 5.10. The Morgan fingerprint density at radius 1 is 1.75 bits per heavy atom. The zero-order valence-corrected chi connectivity index (χ0v) is 5.02. The number of nitrogens with zero attached hydrogens (tertiary/aromatic N) is 1. The fourth-order valence-corrected chi connectivity index (χ4v) is 0.196. The molecule has 0 amide bonds. The monoisotopic (exact) mass is 114 g/mol. The van der Waals surface area contributed by atoms with Crippen molar-refractivity contribution in [3.8, 4) is 0 Å². The molecule has 0 saturated heterocycles. The van der Waals surface area contributed by atoms with Gasteiger partial charge in [-0.1, -0.05) is 0 Å². The summed E-state index contributed by atoms with van der Waals surface area (Å²) in [5.74, 6) is 0.758. The highest BCUT2D eigenvalue weighted by Crippen LogP contribution is 1.59. The second kappa shape index (κ2) is 4.11. The molecule has 0 rings (SSSR count). The molecule has 0 spiro atoms. The highest BCUT2D eigenvalue weighted by atomic mass is 15.4. The molecule has 0 bridgehead atoms. The molecule has 0 aromatic rings. The van der Waals surface area contributed by atoms with Crippen molar-refractivity contribution in [2.24, 2.45) is 4.99 Å². The van der Waals surface area contributed by atoms with Crippen LogP contribution in [-0.2, 0) is 0 Å². The third-order valence-corrected chi connectivity index (χ3v) is 0.661. The van der Waals surface area contributed by atoms with Crippen LogP contribution in [0.15, 0.2) is 4.99 Å². The summed E-state index contributed by atoms with van der Waals surface area (Å²) in [6, 6.07) is 0. The van der Waals surface area contributed by atoms with E-state index in [0.717, 1.165) is 12.2 Å². The predicted octanol–water partition coefficient (Wildman–Crippen LogP) is -0.264. The number of rotatable bonds is 2. The van der Waals surface area contributed by atoms with Crippen molar-refractivity contribution in [3.63, 3.8) is 0 Å². The van der Waals surface area contributed by atoms with Gasteiger partial charge in [0.15, 0.2) is 0 Å². The molecule has 0 unspecified atom stereocenters. The van der Waals surface area contributed by atoms with Crippen molar-refractivity contribution >= 4 is 12.2 Å². The number of hydrogen-bond acceptors (Lipinski definition) is 2. The third-order valence-electron chi connectivity index (χ3n) is 0.661. The Morgan fingerprint density at radius 2 is 2.38 bits per heavy atom. The van der Waals surface area contributed by atoms with Gasteiger partial charge in [-0.25, -0.2) is 0 Å². The van der Waals surface area contributed by atoms with E-state index in [-0.39, 0.29) is 0 Å². The van der Waals surface area contributed by atoms with Gasteiger partial charge >= 0.3 is 0 Å². The molecule has 0 aliphatic rings. The summed E-state index contributed by atoms with van der Waals surface area (Å²) in [4.78, 5) is 3.77. The molecule has 46 valence electrons. The number of aliphatic imine (C=N–C) groups is 1. The molecule has 0 aliphatic heterocycles. The van der Waals surface area contributed by atoms with Crippen molar-refractivity contribution < 1.29 is 0 Å². The summed E-state index contributed by atoms with van der Waals surface area (Å²) in [7, 11) is 1.67. The average Bonchev–Trinajstić information content (AvgIpc) is 1.83. The van der Waals surface area contributed by atoms with Gasteiger partial charge in [0.05, 0.1) is 6.34 Å². The van der Waals surface area contributed by atoms with E-state index in [1.54, 1.807) is 14.0 Å². The first-order valence-electron chi connectivity index (χ1n) is 2.25. The van der Waals surface area contributed by atoms with Crippen LogP contribution in [0, 0.1) is 5.41 Å². The molecule has 4 nitrogen and oxygen atoms in total. The van der Waals surface area contributed by atoms with Crippen LogP contribution in [0.3, 0.4) is 0 Å². The molecular weight excluding hydrogens is 104 g/mol. The molecule has 0 aromatic carbocycles. The van der Waals surface area contributed by atoms with E-state index in [1.165, 1.54) is 0 Å². The van der Waals surface area contributed by atoms with Gasteiger partial charge in [-0.2, -0.15) is 0 Å². The molecule has 0 aromatic heterocycles. The number of amidine groups is 1. The molecule has 0 saturated carbocycles. The lowest BCUT2D eigenvalue weighted by atomic mass is 10.7. The van der Waals surface area contributed by atoms with Crippen LogP contribution in [0.5, 0.6) is 0 Å². The van der Waals surface area contributed by atoms with Gasteiger partial charge in [0.1, 0.15) is 5.84 Å². The van der Waals surface area contributed by atoms with Gasteiger partial charge in [-0.15, -0.1) is 0 Å². The quantitative estimate of drug-likeness (QED) is 0.263. The number of nitrogens with one attached hydrogen (secondary N) is 3. The lowest BCUT2D eigenvalue weighted by molar-refractivity contribution is 0.869. The van der Waals surface area contributed by atoms with Crippen LogP contribution in [0.1, 0.15) is 6.92 Å². The standard InChI is InChI=1S/C4H10N4/c1-4(6-2)8-7-3-5/h3H,1-2H3,(H2,5,7)(H,6,8). The largest absolute Gasteiger partial charge is 0.290 e. The number of hydrogen-bond donors (Lipinski definition) is 3. The minimum atomic E-state index is 0.758. The van der Waals surface area contributed by atoms with Crippen molar-refractivity contribution in [3.05, 3.63) is 0 Å². The minimum Gasteiger partial charge on any atom is -0.290 e. The Labute approximate surface area is 48.5 Å². The van der Waals surface area contributed by atoms with Crippen LogP contribution in [0.2, 0.25) is 0 Å². The molecule has 8 heavy (non-hydrogen) atoms. The van der Waals surface area contributed by atoms with E-state index in [0.29, 0.717) is 0 Å². The molecular formula is C4H10N4. The molecule has 3 N–H and O–H groups in total. The Kier molecular flexibility index (Phi) is 3.56. The lowest BCUT2D eigenvalue weighted by Crippen LogP contribution is -2.34. The summed E-state index contributed by atoms with van der Waals surface area (Å²) < 4.78 is 0. The lowest BCUT2D eigenvalue weighted by Gasteiger charge is -1.99. The van der Waals surface area contributed by atoms with Gasteiger partial charge in [-0.05, 0) is 6.92 Å². The van der Waals surface area contributed by atoms with Crippen molar-refractivity contribution in [1.29, 1.82) is 5.41 Å². The minimum absolute atomic E-state index is 0.758. The normalized spacial score (nSPS) is 10.5. The zero-order valence-electron chi connectivity index (χ0n) is 5.02. The smallest absolute Gasteiger partial charge is 0.111 e. The van der Waals surface area contributed by atoms with E-state index in [9.17, 15) is 0 Å². The maximum absolute atomic E-state index is 6.52. The van der Waals surface area contributed by atoms with Crippen LogP contribution < -0.4 is 10.9 Å². The molecule has 0 radical (unpaired) electrons. The van der Waals surface area contributed by atoms with Gasteiger partial charge in [0.25, 0.3) is 0 Å². The van der Waals surface area contributed by atoms with E-state index >= 15 is 0 Å². The molecule has 0 aliphatic carbocycles. The first kappa shape index (κ1) is 6.94. The van der Waals surface area contributed by atoms with Gasteiger partial charge in [0, 0.05) is 7.05 Å². The first-order chi connectivity index (χ1) is 3.81. The maximum atomic E-state index is 6.52. The van der Waals surface area contributed by atoms with Crippen LogP contribution >= 0.6 is 0 Å². The van der Waals surface area contributed by atoms with Crippen LogP contribution in [-0.4, -0.2) is 19.2 Å². The Hall–Kier alpha value is -1.06.